The maximum absolute atomic E-state index is 11.7. The molecule has 0 fully saturated rings. The van der Waals surface area contributed by atoms with Crippen LogP contribution in [-0.2, 0) is 0 Å². The van der Waals surface area contributed by atoms with E-state index in [1.54, 1.807) is 0 Å². The predicted molar refractivity (Wildman–Crippen MR) is 87.1 cm³/mol. The topological polar surface area (TPSA) is 104 Å². The van der Waals surface area contributed by atoms with Gasteiger partial charge in [-0.25, -0.2) is 0 Å². The van der Waals surface area contributed by atoms with Crippen LogP contribution in [0.15, 0.2) is 36.4 Å². The minimum Gasteiger partial charge on any atom is -0.504 e. The quantitative estimate of drug-likeness (QED) is 0.301. The Morgan fingerprint density at radius 3 is 1.63 bits per heavy atom. The summed E-state index contributed by atoms with van der Waals surface area (Å²) in [4.78, 5) is 20.3. The molecule has 11 heteroatoms. The number of aldehydes is 2. The molecule has 0 amide bonds. The van der Waals surface area contributed by atoms with Gasteiger partial charge in [-0.3, -0.25) is 9.59 Å². The van der Waals surface area contributed by atoms with Crippen molar-refractivity contribution in [1.82, 2.24) is 0 Å². The summed E-state index contributed by atoms with van der Waals surface area (Å²) < 4.78 is 47.5. The summed E-state index contributed by atoms with van der Waals surface area (Å²) in [5.41, 5.74) is 0.536. The number of carbonyl (C=O) groups is 2. The van der Waals surface area contributed by atoms with Crippen molar-refractivity contribution in [1.29, 1.82) is 0 Å². The first-order valence-electron chi connectivity index (χ1n) is 6.73. The van der Waals surface area contributed by atoms with Crippen LogP contribution in [0.1, 0.15) is 20.7 Å². The molecule has 0 radical (unpaired) electrons. The highest BCUT2D eigenvalue weighted by Crippen LogP contribution is 2.27. The Kier molecular flexibility index (Phi) is 11.0. The number of halogens is 5. The Morgan fingerprint density at radius 1 is 0.815 bits per heavy atom. The highest BCUT2D eigenvalue weighted by molar-refractivity contribution is 6.18. The number of hydrogen-bond donors (Lipinski definition) is 3. The van der Waals surface area contributed by atoms with E-state index in [9.17, 15) is 27.2 Å². The van der Waals surface area contributed by atoms with Gasteiger partial charge in [-0.15, -0.1) is 0 Å². The van der Waals surface area contributed by atoms with Gasteiger partial charge in [0.1, 0.15) is 12.6 Å². The van der Waals surface area contributed by atoms with Gasteiger partial charge >= 0.3 is 12.5 Å². The zero-order valence-electron chi connectivity index (χ0n) is 13.2. The van der Waals surface area contributed by atoms with Crippen LogP contribution in [0.4, 0.5) is 17.6 Å². The second kappa shape index (κ2) is 12.4. The van der Waals surface area contributed by atoms with Gasteiger partial charge in [0.25, 0.3) is 0 Å². The van der Waals surface area contributed by atoms with Crippen LogP contribution in [0.25, 0.3) is 0 Å². The van der Waals surface area contributed by atoms with E-state index < -0.39 is 18.2 Å². The van der Waals surface area contributed by atoms with E-state index >= 15 is 0 Å². The van der Waals surface area contributed by atoms with E-state index in [-0.39, 0.29) is 22.8 Å². The average molecular weight is 413 g/mol. The van der Waals surface area contributed by atoms with Crippen LogP contribution in [-0.4, -0.2) is 40.4 Å². The third-order valence-corrected chi connectivity index (χ3v) is 2.47. The molecule has 0 aliphatic carbocycles. The molecule has 6 nitrogen and oxygen atoms in total. The minimum absolute atomic E-state index is 0.194. The molecule has 0 heterocycles. The van der Waals surface area contributed by atoms with E-state index in [1.807, 2.05) is 0 Å². The molecule has 2 aromatic carbocycles. The lowest BCUT2D eigenvalue weighted by Gasteiger charge is -2.05. The normalized spacial score (nSPS) is 9.59. The van der Waals surface area contributed by atoms with Gasteiger partial charge in [-0.1, -0.05) is 11.6 Å². The Balaban J connectivity index is 0.000000428. The lowest BCUT2D eigenvalue weighted by molar-refractivity contribution is -0.0512. The fourth-order valence-corrected chi connectivity index (χ4v) is 1.42. The lowest BCUT2D eigenvalue weighted by atomic mass is 10.2. The molecule has 0 aliphatic rings. The third kappa shape index (κ3) is 10.5. The first kappa shape index (κ1) is 24.0. The number of hydrogen-bond acceptors (Lipinski definition) is 6. The van der Waals surface area contributed by atoms with Crippen molar-refractivity contribution >= 4 is 24.2 Å². The van der Waals surface area contributed by atoms with Crippen LogP contribution in [0.3, 0.4) is 0 Å². The van der Waals surface area contributed by atoms with Gasteiger partial charge in [0.05, 0.1) is 0 Å². The van der Waals surface area contributed by atoms with Crippen molar-refractivity contribution in [2.75, 3.05) is 0 Å². The molecule has 3 N–H and O–H groups in total. The molecule has 27 heavy (non-hydrogen) atoms. The molecule has 0 saturated carbocycles. The maximum Gasteiger partial charge on any atom is 0.387 e. The third-order valence-electron chi connectivity index (χ3n) is 2.47. The van der Waals surface area contributed by atoms with Crippen molar-refractivity contribution in [2.24, 2.45) is 0 Å². The van der Waals surface area contributed by atoms with Gasteiger partial charge in [0, 0.05) is 11.1 Å². The van der Waals surface area contributed by atoms with Gasteiger partial charge < -0.3 is 20.1 Å². The molecule has 2 aromatic rings. The second-order valence-electron chi connectivity index (χ2n) is 4.34. The van der Waals surface area contributed by atoms with Gasteiger partial charge in [-0.2, -0.15) is 17.6 Å². The smallest absolute Gasteiger partial charge is 0.387 e. The number of phenols is 3. The SMILES string of the molecule is FC(F)Cl.O=Cc1ccc(O)c(O)c1.O=Cc1ccc(OC(F)F)c(O)c1. The van der Waals surface area contributed by atoms with Crippen LogP contribution >= 0.6 is 11.6 Å². The van der Waals surface area contributed by atoms with E-state index in [1.165, 1.54) is 24.3 Å². The number of benzene rings is 2. The summed E-state index contributed by atoms with van der Waals surface area (Å²) in [6.07, 6.45) is 1.09. The van der Waals surface area contributed by atoms with Crippen LogP contribution in [0.2, 0.25) is 0 Å². The summed E-state index contributed by atoms with van der Waals surface area (Å²) >= 11 is 3.94. The molecule has 2 rings (SSSR count). The van der Waals surface area contributed by atoms with Crippen molar-refractivity contribution in [3.05, 3.63) is 47.5 Å². The monoisotopic (exact) mass is 412 g/mol. The molecule has 0 unspecified atom stereocenters. The Bertz CT molecular complexity index is 740. The number of carbonyl (C=O) groups excluding carboxylic acids is 2. The highest BCUT2D eigenvalue weighted by atomic mass is 35.5. The fraction of sp³-hybridized carbons (Fsp3) is 0.125. The highest BCUT2D eigenvalue weighted by Gasteiger charge is 2.08. The number of ether oxygens (including phenoxy) is 1. The van der Waals surface area contributed by atoms with Gasteiger partial charge in [0.2, 0.25) is 0 Å². The van der Waals surface area contributed by atoms with E-state index in [0.717, 1.165) is 12.1 Å². The van der Waals surface area contributed by atoms with Crippen LogP contribution in [0.5, 0.6) is 23.0 Å². The Labute approximate surface area is 155 Å². The number of aromatic hydroxyl groups is 3. The standard InChI is InChI=1S/C8H6F2O3.C7H6O3.CHClF2/c9-8(10)13-7-2-1-5(4-11)3-6(7)12;8-4-5-1-2-6(9)7(10)3-5;2-1(3)4/h1-4,8,12H;1-4,9-10H;1H. The van der Waals surface area contributed by atoms with Crippen molar-refractivity contribution in [3.63, 3.8) is 0 Å². The number of alkyl halides is 5. The Morgan fingerprint density at radius 2 is 1.26 bits per heavy atom. The maximum atomic E-state index is 11.7. The summed E-state index contributed by atoms with van der Waals surface area (Å²) in [7, 11) is 0. The van der Waals surface area contributed by atoms with Crippen molar-refractivity contribution in [3.8, 4) is 23.0 Å². The predicted octanol–water partition coefficient (Wildman–Crippen LogP) is 4.16. The van der Waals surface area contributed by atoms with Crippen LogP contribution in [0, 0.1) is 0 Å². The Hall–Kier alpha value is -3.01. The lowest BCUT2D eigenvalue weighted by Crippen LogP contribution is -2.02. The van der Waals surface area contributed by atoms with Gasteiger partial charge in [0.15, 0.2) is 23.0 Å². The summed E-state index contributed by atoms with van der Waals surface area (Å²) in [5.74, 6) is -4.01. The minimum atomic E-state index is -2.99. The van der Waals surface area contributed by atoms with Crippen molar-refractivity contribution < 1.29 is 47.2 Å². The number of rotatable bonds is 4. The summed E-state index contributed by atoms with van der Waals surface area (Å²) in [6, 6.07) is 7.30. The zero-order valence-corrected chi connectivity index (χ0v) is 14.0. The van der Waals surface area contributed by atoms with Gasteiger partial charge in [-0.05, 0) is 36.4 Å². The zero-order chi connectivity index (χ0) is 21.0. The molecular formula is C16H13ClF4O6. The average Bonchev–Trinajstić information content (AvgIpc) is 2.59. The molecule has 0 bridgehead atoms. The molecule has 0 aliphatic heterocycles. The first-order chi connectivity index (χ1) is 12.6. The van der Waals surface area contributed by atoms with E-state index in [4.69, 9.17) is 15.3 Å². The van der Waals surface area contributed by atoms with E-state index in [2.05, 4.69) is 16.3 Å². The summed E-state index contributed by atoms with van der Waals surface area (Å²) in [5, 5.41) is 26.6. The molecule has 0 aromatic heterocycles. The molecular weight excluding hydrogens is 400 g/mol. The molecule has 0 atom stereocenters. The van der Waals surface area contributed by atoms with Crippen LogP contribution < -0.4 is 4.74 Å². The largest absolute Gasteiger partial charge is 0.504 e. The number of phenolic OH excluding ortho intramolecular Hbond substituents is 3. The molecule has 0 saturated heterocycles. The molecule has 148 valence electrons. The second-order valence-corrected chi connectivity index (χ2v) is 4.67. The van der Waals surface area contributed by atoms with E-state index in [0.29, 0.717) is 18.1 Å². The fourth-order valence-electron chi connectivity index (χ4n) is 1.42. The molecule has 0 spiro atoms. The first-order valence-corrected chi connectivity index (χ1v) is 7.16. The summed E-state index contributed by atoms with van der Waals surface area (Å²) in [6.45, 7) is -2.99. The van der Waals surface area contributed by atoms with Crippen molar-refractivity contribution in [2.45, 2.75) is 12.5 Å².